The second-order valence-electron chi connectivity index (χ2n) is 9.67. The van der Waals surface area contributed by atoms with Crippen molar-refractivity contribution in [2.45, 2.75) is 59.8 Å². The fraction of sp³-hybridized carbons (Fsp3) is 0.742. The van der Waals surface area contributed by atoms with Crippen LogP contribution in [0.15, 0.2) is 30.3 Å². The number of likely N-dealkylation sites (tertiary alicyclic amines) is 1. The molecule has 224 valence electrons. The van der Waals surface area contributed by atoms with Gasteiger partial charge in [-0.15, -0.1) is 0 Å². The van der Waals surface area contributed by atoms with E-state index in [0.29, 0.717) is 90.7 Å². The molecule has 1 aliphatic heterocycles. The number of rotatable bonds is 22. The first-order valence-electron chi connectivity index (χ1n) is 14.8. The van der Waals surface area contributed by atoms with Crippen LogP contribution in [-0.2, 0) is 33.3 Å². The van der Waals surface area contributed by atoms with Crippen molar-refractivity contribution in [1.82, 2.24) is 4.90 Å². The van der Waals surface area contributed by atoms with Crippen molar-refractivity contribution < 1.29 is 33.3 Å². The van der Waals surface area contributed by atoms with E-state index in [2.05, 4.69) is 31.2 Å². The first kappa shape index (κ1) is 35.2. The summed E-state index contributed by atoms with van der Waals surface area (Å²) in [7, 11) is 0. The number of amides is 1. The van der Waals surface area contributed by atoms with Gasteiger partial charge in [-0.05, 0) is 17.9 Å². The zero-order valence-electron chi connectivity index (χ0n) is 25.0. The molecule has 0 aliphatic carbocycles. The first-order chi connectivity index (χ1) is 19.0. The van der Waals surface area contributed by atoms with Gasteiger partial charge in [-0.1, -0.05) is 65.0 Å². The van der Waals surface area contributed by atoms with Gasteiger partial charge < -0.3 is 28.6 Å². The van der Waals surface area contributed by atoms with Crippen molar-refractivity contribution >= 4 is 11.7 Å². The van der Waals surface area contributed by atoms with E-state index in [-0.39, 0.29) is 17.6 Å². The van der Waals surface area contributed by atoms with E-state index in [1.54, 1.807) is 0 Å². The molecule has 1 aliphatic rings. The molecule has 0 N–H and O–H groups in total. The summed E-state index contributed by atoms with van der Waals surface area (Å²) < 4.78 is 27.3. The maximum atomic E-state index is 12.4. The number of hydrogen-bond donors (Lipinski definition) is 0. The van der Waals surface area contributed by atoms with Crippen molar-refractivity contribution in [3.63, 3.8) is 0 Å². The zero-order valence-corrected chi connectivity index (χ0v) is 25.0. The largest absolute Gasteiger partial charge is 0.379 e. The van der Waals surface area contributed by atoms with E-state index in [0.717, 1.165) is 19.5 Å². The highest BCUT2D eigenvalue weighted by atomic mass is 16.6. The van der Waals surface area contributed by atoms with Crippen LogP contribution in [-0.4, -0.2) is 95.7 Å². The molecule has 1 amide bonds. The Kier molecular flexibility index (Phi) is 20.7. The normalized spacial score (nSPS) is 14.1. The van der Waals surface area contributed by atoms with Crippen molar-refractivity contribution in [3.8, 4) is 0 Å². The lowest BCUT2D eigenvalue weighted by Crippen LogP contribution is -2.52. The molecule has 39 heavy (non-hydrogen) atoms. The van der Waals surface area contributed by atoms with Crippen LogP contribution in [0.1, 0.15) is 65.4 Å². The number of benzene rings is 1. The summed E-state index contributed by atoms with van der Waals surface area (Å²) in [6, 6.07) is 10.6. The van der Waals surface area contributed by atoms with Gasteiger partial charge in [0.1, 0.15) is 5.78 Å². The Labute approximate surface area is 236 Å². The molecule has 1 saturated heterocycles. The Morgan fingerprint density at radius 1 is 0.744 bits per heavy atom. The number of nitrogens with zero attached hydrogens (tertiary/aromatic N) is 1. The summed E-state index contributed by atoms with van der Waals surface area (Å²) in [5, 5.41) is 0. The summed E-state index contributed by atoms with van der Waals surface area (Å²) >= 11 is 0. The molecule has 0 radical (unpaired) electrons. The molecule has 0 bridgehead atoms. The van der Waals surface area contributed by atoms with E-state index in [4.69, 9.17) is 23.7 Å². The maximum Gasteiger partial charge on any atom is 0.224 e. The average Bonchev–Trinajstić information content (AvgIpc) is 2.93. The summed E-state index contributed by atoms with van der Waals surface area (Å²) in [5.41, 5.74) is 1.37. The molecule has 8 heteroatoms. The van der Waals surface area contributed by atoms with Crippen LogP contribution in [0.2, 0.25) is 0 Å². The van der Waals surface area contributed by atoms with E-state index >= 15 is 0 Å². The number of Topliss-reactive ketones (excluding diaryl/α,β-unsaturated/α-hetero) is 1. The average molecular weight is 552 g/mol. The lowest BCUT2D eigenvalue weighted by atomic mass is 9.79. The summed E-state index contributed by atoms with van der Waals surface area (Å²) in [4.78, 5) is 25.8. The molecule has 1 fully saturated rings. The van der Waals surface area contributed by atoms with Crippen LogP contribution < -0.4 is 0 Å². The van der Waals surface area contributed by atoms with Crippen molar-refractivity contribution in [1.29, 1.82) is 0 Å². The minimum Gasteiger partial charge on any atom is -0.379 e. The predicted octanol–water partition coefficient (Wildman–Crippen LogP) is 4.75. The second kappa shape index (κ2) is 22.9. The zero-order chi connectivity index (χ0) is 28.7. The molecule has 1 unspecified atom stereocenters. The highest BCUT2D eigenvalue weighted by Gasteiger charge is 2.35. The van der Waals surface area contributed by atoms with Crippen molar-refractivity contribution in [2.24, 2.45) is 11.8 Å². The third-order valence-electron chi connectivity index (χ3n) is 6.58. The summed E-state index contributed by atoms with van der Waals surface area (Å²) in [5.74, 6) is 1.52. The van der Waals surface area contributed by atoms with Gasteiger partial charge in [0.25, 0.3) is 0 Å². The Balaban J connectivity index is 0.00000371. The Morgan fingerprint density at radius 3 is 1.62 bits per heavy atom. The Bertz CT molecular complexity index is 738. The van der Waals surface area contributed by atoms with Gasteiger partial charge in [0, 0.05) is 31.3 Å². The molecular weight excluding hydrogens is 498 g/mol. The Morgan fingerprint density at radius 2 is 1.18 bits per heavy atom. The lowest BCUT2D eigenvalue weighted by molar-refractivity contribution is -0.139. The summed E-state index contributed by atoms with van der Waals surface area (Å²) in [6.45, 7) is 16.4. The smallest absolute Gasteiger partial charge is 0.224 e. The number of carbonyl (C=O) groups excluding carboxylic acids is 2. The van der Waals surface area contributed by atoms with Crippen LogP contribution in [0, 0.1) is 11.8 Å². The highest BCUT2D eigenvalue weighted by molar-refractivity contribution is 5.80. The molecular formula is C31H53NO7. The van der Waals surface area contributed by atoms with Gasteiger partial charge in [0.2, 0.25) is 5.91 Å². The van der Waals surface area contributed by atoms with E-state index in [1.807, 2.05) is 38.7 Å². The molecule has 1 aromatic rings. The Hall–Kier alpha value is -1.84. The molecule has 0 spiro atoms. The molecule has 0 aromatic heterocycles. The lowest BCUT2D eigenvalue weighted by Gasteiger charge is -2.43. The quantitative estimate of drug-likeness (QED) is 0.192. The monoisotopic (exact) mass is 551 g/mol. The highest BCUT2D eigenvalue weighted by Crippen LogP contribution is 2.34. The van der Waals surface area contributed by atoms with Gasteiger partial charge in [0.15, 0.2) is 0 Å². The minimum atomic E-state index is 0.0625. The molecule has 1 aromatic carbocycles. The van der Waals surface area contributed by atoms with Crippen LogP contribution in [0.5, 0.6) is 0 Å². The van der Waals surface area contributed by atoms with Crippen molar-refractivity contribution in [3.05, 3.63) is 35.9 Å². The van der Waals surface area contributed by atoms with Gasteiger partial charge in [0.05, 0.1) is 72.5 Å². The first-order valence-corrected chi connectivity index (χ1v) is 14.8. The van der Waals surface area contributed by atoms with Gasteiger partial charge in [-0.2, -0.15) is 0 Å². The van der Waals surface area contributed by atoms with Gasteiger partial charge in [-0.25, -0.2) is 0 Å². The standard InChI is InChI=1S/C29H47NO7.C2H6/c1-4-27(25-8-6-5-7-9-25)26-22-30(23-26)29(32)11-13-34-15-17-36-19-21-37-20-18-35-16-14-33-12-10-28(31)24(2)3;1-2/h5-9,24,26-27H,4,10-23H2,1-3H3;1-2H3. The van der Waals surface area contributed by atoms with Gasteiger partial charge >= 0.3 is 0 Å². The van der Waals surface area contributed by atoms with Crippen LogP contribution in [0.3, 0.4) is 0 Å². The minimum absolute atomic E-state index is 0.0625. The molecule has 1 heterocycles. The molecule has 1 atom stereocenters. The number of carbonyl (C=O) groups is 2. The second-order valence-corrected chi connectivity index (χ2v) is 9.67. The van der Waals surface area contributed by atoms with E-state index in [1.165, 1.54) is 5.56 Å². The van der Waals surface area contributed by atoms with E-state index in [9.17, 15) is 9.59 Å². The van der Waals surface area contributed by atoms with E-state index < -0.39 is 0 Å². The van der Waals surface area contributed by atoms with Gasteiger partial charge in [-0.3, -0.25) is 9.59 Å². The topological polar surface area (TPSA) is 83.5 Å². The van der Waals surface area contributed by atoms with Crippen LogP contribution in [0.25, 0.3) is 0 Å². The number of ketones is 1. The number of hydrogen-bond acceptors (Lipinski definition) is 7. The van der Waals surface area contributed by atoms with Crippen molar-refractivity contribution in [2.75, 3.05) is 79.2 Å². The third kappa shape index (κ3) is 15.5. The van der Waals surface area contributed by atoms with Crippen LogP contribution in [0.4, 0.5) is 0 Å². The summed E-state index contributed by atoms with van der Waals surface area (Å²) in [6.07, 6.45) is 1.97. The maximum absolute atomic E-state index is 12.4. The van der Waals surface area contributed by atoms with Crippen LogP contribution >= 0.6 is 0 Å². The number of ether oxygens (including phenoxy) is 5. The third-order valence-corrected chi connectivity index (χ3v) is 6.58. The fourth-order valence-corrected chi connectivity index (χ4v) is 4.27. The fourth-order valence-electron chi connectivity index (χ4n) is 4.27. The molecule has 0 saturated carbocycles. The SMILES string of the molecule is CC.CCC(c1ccccc1)C1CN(C(=O)CCOCCOCCOCCOCCOCCC(=O)C(C)C)C1. The molecule has 8 nitrogen and oxygen atoms in total. The predicted molar refractivity (Wildman–Crippen MR) is 154 cm³/mol. The molecule has 2 rings (SSSR count).